The second-order valence-corrected chi connectivity index (χ2v) is 10.1. The Morgan fingerprint density at radius 2 is 1.94 bits per heavy atom. The lowest BCUT2D eigenvalue weighted by Crippen LogP contribution is -2.42. The highest BCUT2D eigenvalue weighted by Gasteiger charge is 2.46. The zero-order valence-corrected chi connectivity index (χ0v) is 18.5. The molecule has 0 bridgehead atoms. The minimum Gasteiger partial charge on any atom is -0.388 e. The second kappa shape index (κ2) is 7.18. The summed E-state index contributed by atoms with van der Waals surface area (Å²) < 4.78 is 3.55. The van der Waals surface area contributed by atoms with E-state index in [1.165, 1.54) is 21.4 Å². The number of aromatic nitrogens is 2. The van der Waals surface area contributed by atoms with Gasteiger partial charge >= 0.3 is 0 Å². The SMILES string of the molecule is CC12Cn3cnc(-c4ccccc4)c3C=C1CCCC2[C@H](O)c1csc2ccccc12. The molecule has 1 saturated carbocycles. The summed E-state index contributed by atoms with van der Waals surface area (Å²) in [5.41, 5.74) is 5.91. The summed E-state index contributed by atoms with van der Waals surface area (Å²) in [6.07, 6.45) is 7.17. The van der Waals surface area contributed by atoms with Gasteiger partial charge in [-0.1, -0.05) is 61.0 Å². The maximum atomic E-state index is 11.6. The third-order valence-electron chi connectivity index (χ3n) is 7.46. The maximum Gasteiger partial charge on any atom is 0.0958 e. The zero-order valence-electron chi connectivity index (χ0n) is 17.7. The van der Waals surface area contributed by atoms with Gasteiger partial charge in [0.2, 0.25) is 0 Å². The number of nitrogens with zero attached hydrogens (tertiary/aromatic N) is 2. The molecule has 0 radical (unpaired) electrons. The van der Waals surface area contributed by atoms with E-state index in [9.17, 15) is 5.11 Å². The molecule has 4 aromatic rings. The summed E-state index contributed by atoms with van der Waals surface area (Å²) >= 11 is 1.73. The van der Waals surface area contributed by atoms with E-state index in [1.807, 2.05) is 12.4 Å². The van der Waals surface area contributed by atoms with Gasteiger partial charge in [0.05, 0.1) is 23.8 Å². The minimum absolute atomic E-state index is 0.0671. The normalized spacial score (nSPS) is 23.8. The molecular weight excluding hydrogens is 400 g/mol. The van der Waals surface area contributed by atoms with Gasteiger partial charge in [-0.2, -0.15) is 0 Å². The highest BCUT2D eigenvalue weighted by Crippen LogP contribution is 2.54. The van der Waals surface area contributed by atoms with Crippen molar-refractivity contribution in [1.29, 1.82) is 0 Å². The third kappa shape index (κ3) is 2.93. The van der Waals surface area contributed by atoms with Gasteiger partial charge in [0.25, 0.3) is 0 Å². The molecule has 0 saturated heterocycles. The molecule has 1 N–H and O–H groups in total. The predicted octanol–water partition coefficient (Wildman–Crippen LogP) is 6.70. The number of fused-ring (bicyclic) bond motifs is 3. The Hall–Kier alpha value is -2.69. The second-order valence-electron chi connectivity index (χ2n) is 9.19. The monoisotopic (exact) mass is 426 g/mol. The van der Waals surface area contributed by atoms with Gasteiger partial charge in [0, 0.05) is 22.2 Å². The van der Waals surface area contributed by atoms with Crippen molar-refractivity contribution in [3.05, 3.63) is 83.1 Å². The molecule has 3 nitrogen and oxygen atoms in total. The van der Waals surface area contributed by atoms with Crippen molar-refractivity contribution in [1.82, 2.24) is 9.55 Å². The Morgan fingerprint density at radius 1 is 1.13 bits per heavy atom. The van der Waals surface area contributed by atoms with Crippen molar-refractivity contribution < 1.29 is 5.11 Å². The van der Waals surface area contributed by atoms with Crippen molar-refractivity contribution in [3.8, 4) is 11.3 Å². The molecule has 2 unspecified atom stereocenters. The van der Waals surface area contributed by atoms with Gasteiger partial charge in [0.15, 0.2) is 0 Å². The summed E-state index contributed by atoms with van der Waals surface area (Å²) in [6.45, 7) is 3.23. The van der Waals surface area contributed by atoms with Crippen LogP contribution < -0.4 is 0 Å². The van der Waals surface area contributed by atoms with Crippen LogP contribution in [-0.2, 0) is 6.54 Å². The molecule has 2 aromatic heterocycles. The van der Waals surface area contributed by atoms with Crippen molar-refractivity contribution in [3.63, 3.8) is 0 Å². The van der Waals surface area contributed by atoms with Gasteiger partial charge in [-0.25, -0.2) is 4.98 Å². The Kier molecular flexibility index (Phi) is 4.41. The molecule has 3 atom stereocenters. The van der Waals surface area contributed by atoms with Crippen LogP contribution in [0, 0.1) is 11.3 Å². The number of thiophene rings is 1. The number of rotatable bonds is 3. The standard InChI is InChI=1S/C27H26N2OS/c1-27-16-29-17-28-25(18-8-3-2-4-9-18)23(29)14-19(27)10-7-12-22(27)26(30)21-15-31-24-13-6-5-11-20(21)24/h2-6,8-9,11,13-15,17,22,26,30H,7,10,12,16H2,1H3/t22?,26-,27?/m1/s1. The lowest BCUT2D eigenvalue weighted by Gasteiger charge is -2.48. The first kappa shape index (κ1) is 19.0. The first-order valence-corrected chi connectivity index (χ1v) is 12.0. The first-order valence-electron chi connectivity index (χ1n) is 11.1. The Labute approximate surface area is 186 Å². The van der Waals surface area contributed by atoms with E-state index in [2.05, 4.69) is 71.5 Å². The Morgan fingerprint density at radius 3 is 2.81 bits per heavy atom. The third-order valence-corrected chi connectivity index (χ3v) is 8.44. The van der Waals surface area contributed by atoms with Crippen LogP contribution in [0.3, 0.4) is 0 Å². The van der Waals surface area contributed by atoms with E-state index in [-0.39, 0.29) is 11.3 Å². The van der Waals surface area contributed by atoms with E-state index < -0.39 is 6.10 Å². The fraction of sp³-hybridized carbons (Fsp3) is 0.296. The van der Waals surface area contributed by atoms with E-state index in [0.29, 0.717) is 0 Å². The quantitative estimate of drug-likeness (QED) is 0.396. The van der Waals surface area contributed by atoms with Crippen LogP contribution in [0.4, 0.5) is 0 Å². The smallest absolute Gasteiger partial charge is 0.0958 e. The highest BCUT2D eigenvalue weighted by atomic mass is 32.1. The first-order chi connectivity index (χ1) is 15.1. The molecule has 0 amide bonds. The molecule has 6 rings (SSSR count). The van der Waals surface area contributed by atoms with Crippen molar-refractivity contribution in [2.45, 2.75) is 38.8 Å². The van der Waals surface area contributed by atoms with Crippen molar-refractivity contribution in [2.24, 2.45) is 11.3 Å². The summed E-state index contributed by atoms with van der Waals surface area (Å²) in [6, 6.07) is 18.9. The van der Waals surface area contributed by atoms with Crippen molar-refractivity contribution >= 4 is 27.5 Å². The van der Waals surface area contributed by atoms with E-state index >= 15 is 0 Å². The molecule has 2 aromatic carbocycles. The molecule has 2 aliphatic rings. The van der Waals surface area contributed by atoms with Crippen LogP contribution in [0.2, 0.25) is 0 Å². The summed E-state index contributed by atoms with van der Waals surface area (Å²) in [5, 5.41) is 15.0. The van der Waals surface area contributed by atoms with Crippen LogP contribution in [-0.4, -0.2) is 14.7 Å². The van der Waals surface area contributed by atoms with E-state index in [1.54, 1.807) is 11.3 Å². The average molecular weight is 427 g/mol. The van der Waals surface area contributed by atoms with Crippen LogP contribution >= 0.6 is 11.3 Å². The van der Waals surface area contributed by atoms with Gasteiger partial charge in [-0.15, -0.1) is 11.3 Å². The van der Waals surface area contributed by atoms with Crippen LogP contribution in [0.1, 0.15) is 43.5 Å². The number of allylic oxidation sites excluding steroid dienone is 1. The van der Waals surface area contributed by atoms with Gasteiger partial charge in [0.1, 0.15) is 0 Å². The number of imidazole rings is 1. The lowest BCUT2D eigenvalue weighted by atomic mass is 9.60. The summed E-state index contributed by atoms with van der Waals surface area (Å²) in [4.78, 5) is 4.78. The lowest BCUT2D eigenvalue weighted by molar-refractivity contribution is 0.0134. The van der Waals surface area contributed by atoms with Crippen LogP contribution in [0.15, 0.2) is 71.9 Å². The molecule has 31 heavy (non-hydrogen) atoms. The van der Waals surface area contributed by atoms with Crippen molar-refractivity contribution in [2.75, 3.05) is 0 Å². The van der Waals surface area contributed by atoms with Gasteiger partial charge < -0.3 is 9.67 Å². The van der Waals surface area contributed by atoms with Gasteiger partial charge in [-0.3, -0.25) is 0 Å². The van der Waals surface area contributed by atoms with E-state index in [0.717, 1.165) is 42.6 Å². The van der Waals surface area contributed by atoms with E-state index in [4.69, 9.17) is 4.98 Å². The molecule has 4 heteroatoms. The number of hydrogen-bond donors (Lipinski definition) is 1. The number of benzene rings is 2. The number of aliphatic hydroxyl groups excluding tert-OH is 1. The Bertz CT molecular complexity index is 1290. The Balaban J connectivity index is 1.40. The summed E-state index contributed by atoms with van der Waals surface area (Å²) in [7, 11) is 0. The van der Waals surface area contributed by atoms with Gasteiger partial charge in [-0.05, 0) is 53.7 Å². The predicted molar refractivity (Wildman–Crippen MR) is 128 cm³/mol. The highest BCUT2D eigenvalue weighted by molar-refractivity contribution is 7.17. The van der Waals surface area contributed by atoms with Crippen LogP contribution in [0.5, 0.6) is 0 Å². The molecule has 0 spiro atoms. The largest absolute Gasteiger partial charge is 0.388 e. The van der Waals surface area contributed by atoms with Crippen LogP contribution in [0.25, 0.3) is 27.4 Å². The fourth-order valence-corrected chi connectivity index (χ4v) is 6.76. The molecule has 3 heterocycles. The average Bonchev–Trinajstić information content (AvgIpc) is 3.41. The molecule has 1 fully saturated rings. The maximum absolute atomic E-state index is 11.6. The fourth-order valence-electron chi connectivity index (χ4n) is 5.77. The molecule has 1 aliphatic heterocycles. The molecular formula is C27H26N2OS. The number of aliphatic hydroxyl groups is 1. The number of hydrogen-bond acceptors (Lipinski definition) is 3. The summed E-state index contributed by atoms with van der Waals surface area (Å²) in [5.74, 6) is 0.196. The molecule has 1 aliphatic carbocycles. The zero-order chi connectivity index (χ0) is 21.0. The molecule has 156 valence electrons. The minimum atomic E-state index is -0.455. The topological polar surface area (TPSA) is 38.0 Å².